The van der Waals surface area contributed by atoms with E-state index in [1.54, 1.807) is 12.1 Å². The minimum atomic E-state index is -0.475. The highest BCUT2D eigenvalue weighted by Crippen LogP contribution is 2.17. The fraction of sp³-hybridized carbons (Fsp3) is 0.143. The molecule has 5 nitrogen and oxygen atoms in total. The lowest BCUT2D eigenvalue weighted by Gasteiger charge is -2.08. The second-order valence-electron chi connectivity index (χ2n) is 3.91. The van der Waals surface area contributed by atoms with Gasteiger partial charge in [-0.1, -0.05) is 6.07 Å². The maximum absolute atomic E-state index is 12.9. The van der Waals surface area contributed by atoms with Crippen molar-refractivity contribution in [1.29, 1.82) is 0 Å². The number of hydrogen-bond donors (Lipinski definition) is 0. The Morgan fingerprint density at radius 1 is 1.00 bits per heavy atom. The van der Waals surface area contributed by atoms with E-state index in [1.807, 2.05) is 0 Å². The van der Waals surface area contributed by atoms with Crippen LogP contribution in [0.15, 0.2) is 48.5 Å². The van der Waals surface area contributed by atoms with Crippen LogP contribution < -0.4 is 9.47 Å². The van der Waals surface area contributed by atoms with Gasteiger partial charge >= 0.3 is 0 Å². The van der Waals surface area contributed by atoms with Gasteiger partial charge in [-0.25, -0.2) is 4.39 Å². The van der Waals surface area contributed by atoms with Gasteiger partial charge in [-0.05, 0) is 24.3 Å². The zero-order valence-corrected chi connectivity index (χ0v) is 10.5. The Balaban J connectivity index is 1.77. The lowest BCUT2D eigenvalue weighted by Crippen LogP contribution is -2.09. The van der Waals surface area contributed by atoms with Crippen molar-refractivity contribution in [3.05, 3.63) is 64.5 Å². The van der Waals surface area contributed by atoms with E-state index in [-0.39, 0.29) is 24.7 Å². The topological polar surface area (TPSA) is 61.6 Å². The van der Waals surface area contributed by atoms with E-state index >= 15 is 0 Å². The van der Waals surface area contributed by atoms with E-state index < -0.39 is 4.92 Å². The molecule has 0 amide bonds. The summed E-state index contributed by atoms with van der Waals surface area (Å²) in [6.07, 6.45) is 0. The number of nitro benzene ring substituents is 1. The molecule has 2 aromatic carbocycles. The van der Waals surface area contributed by atoms with Gasteiger partial charge in [0.2, 0.25) is 0 Å². The predicted molar refractivity (Wildman–Crippen MR) is 70.5 cm³/mol. The molecular formula is C14H12FNO4. The first-order valence-electron chi connectivity index (χ1n) is 5.91. The molecule has 0 saturated heterocycles. The van der Waals surface area contributed by atoms with Gasteiger partial charge in [-0.2, -0.15) is 0 Å². The molecule has 0 aliphatic rings. The molecule has 0 atom stereocenters. The Morgan fingerprint density at radius 3 is 2.25 bits per heavy atom. The van der Waals surface area contributed by atoms with E-state index in [2.05, 4.69) is 0 Å². The molecular weight excluding hydrogens is 265 g/mol. The predicted octanol–water partition coefficient (Wildman–Crippen LogP) is 3.19. The van der Waals surface area contributed by atoms with Gasteiger partial charge in [0, 0.05) is 18.2 Å². The fourth-order valence-corrected chi connectivity index (χ4v) is 1.54. The molecule has 0 saturated carbocycles. The summed E-state index contributed by atoms with van der Waals surface area (Å²) in [4.78, 5) is 10.00. The van der Waals surface area contributed by atoms with Gasteiger partial charge in [0.25, 0.3) is 5.69 Å². The van der Waals surface area contributed by atoms with Crippen LogP contribution in [0.25, 0.3) is 0 Å². The van der Waals surface area contributed by atoms with Crippen LogP contribution in [0.1, 0.15) is 0 Å². The first-order valence-corrected chi connectivity index (χ1v) is 5.91. The second kappa shape index (κ2) is 6.51. The number of halogens is 1. The highest BCUT2D eigenvalue weighted by atomic mass is 19.1. The van der Waals surface area contributed by atoms with E-state index in [0.29, 0.717) is 11.5 Å². The van der Waals surface area contributed by atoms with Crippen molar-refractivity contribution in [2.24, 2.45) is 0 Å². The monoisotopic (exact) mass is 277 g/mol. The molecule has 20 heavy (non-hydrogen) atoms. The molecule has 2 rings (SSSR count). The van der Waals surface area contributed by atoms with Crippen molar-refractivity contribution >= 4 is 5.69 Å². The summed E-state index contributed by atoms with van der Waals surface area (Å²) < 4.78 is 23.5. The van der Waals surface area contributed by atoms with E-state index in [4.69, 9.17) is 9.47 Å². The Hall–Kier alpha value is -2.63. The van der Waals surface area contributed by atoms with Crippen LogP contribution in [0, 0.1) is 15.9 Å². The maximum atomic E-state index is 12.9. The summed E-state index contributed by atoms with van der Waals surface area (Å²) >= 11 is 0. The zero-order valence-electron chi connectivity index (χ0n) is 10.5. The number of nitro groups is 1. The average Bonchev–Trinajstić information content (AvgIpc) is 2.44. The van der Waals surface area contributed by atoms with Gasteiger partial charge in [-0.15, -0.1) is 0 Å². The second-order valence-corrected chi connectivity index (χ2v) is 3.91. The molecule has 104 valence electrons. The highest BCUT2D eigenvalue weighted by Gasteiger charge is 2.04. The van der Waals surface area contributed by atoms with E-state index in [1.165, 1.54) is 36.4 Å². The highest BCUT2D eigenvalue weighted by molar-refractivity contribution is 5.35. The number of hydrogen-bond acceptors (Lipinski definition) is 4. The van der Waals surface area contributed by atoms with Crippen LogP contribution in [0.3, 0.4) is 0 Å². The van der Waals surface area contributed by atoms with Crippen molar-refractivity contribution in [1.82, 2.24) is 0 Å². The maximum Gasteiger partial charge on any atom is 0.269 e. The van der Waals surface area contributed by atoms with Crippen LogP contribution in [0.5, 0.6) is 11.5 Å². The lowest BCUT2D eigenvalue weighted by molar-refractivity contribution is -0.384. The van der Waals surface area contributed by atoms with Crippen LogP contribution in [0.2, 0.25) is 0 Å². The molecule has 0 spiro atoms. The van der Waals surface area contributed by atoms with Crippen LogP contribution in [-0.2, 0) is 0 Å². The molecule has 0 radical (unpaired) electrons. The summed E-state index contributed by atoms with van der Waals surface area (Å²) in [5, 5.41) is 10.5. The van der Waals surface area contributed by atoms with Crippen molar-refractivity contribution in [2.75, 3.05) is 13.2 Å². The Labute approximate surface area is 114 Å². The largest absolute Gasteiger partial charge is 0.490 e. The molecule has 0 fully saturated rings. The summed E-state index contributed by atoms with van der Waals surface area (Å²) in [7, 11) is 0. The Morgan fingerprint density at radius 2 is 1.65 bits per heavy atom. The number of rotatable bonds is 6. The number of non-ortho nitro benzene ring substituents is 1. The van der Waals surface area contributed by atoms with Gasteiger partial charge in [0.05, 0.1) is 4.92 Å². The van der Waals surface area contributed by atoms with Crippen LogP contribution in [0.4, 0.5) is 10.1 Å². The molecule has 6 heteroatoms. The number of ether oxygens (including phenoxy) is 2. The van der Waals surface area contributed by atoms with E-state index in [9.17, 15) is 14.5 Å². The van der Waals surface area contributed by atoms with Crippen LogP contribution in [-0.4, -0.2) is 18.1 Å². The molecule has 0 aliphatic heterocycles. The normalized spacial score (nSPS) is 10.1. The van der Waals surface area contributed by atoms with Gasteiger partial charge in [0.1, 0.15) is 30.5 Å². The lowest BCUT2D eigenvalue weighted by atomic mass is 10.3. The average molecular weight is 277 g/mol. The first kappa shape index (κ1) is 13.8. The summed E-state index contributed by atoms with van der Waals surface area (Å²) in [5.74, 6) is 0.578. The van der Waals surface area contributed by atoms with Gasteiger partial charge in [-0.3, -0.25) is 10.1 Å². The minimum Gasteiger partial charge on any atom is -0.490 e. The molecule has 0 aromatic heterocycles. The SMILES string of the molecule is O=[N+]([O-])c1ccc(OCCOc2cccc(F)c2)cc1. The molecule has 2 aromatic rings. The fourth-order valence-electron chi connectivity index (χ4n) is 1.54. The third kappa shape index (κ3) is 3.94. The van der Waals surface area contributed by atoms with Crippen molar-refractivity contribution in [3.63, 3.8) is 0 Å². The van der Waals surface area contributed by atoms with Crippen molar-refractivity contribution in [2.45, 2.75) is 0 Å². The van der Waals surface area contributed by atoms with Gasteiger partial charge in [0.15, 0.2) is 0 Å². The summed E-state index contributed by atoms with van der Waals surface area (Å²) in [6.45, 7) is 0.509. The smallest absolute Gasteiger partial charge is 0.269 e. The van der Waals surface area contributed by atoms with Gasteiger partial charge < -0.3 is 9.47 Å². The molecule has 0 unspecified atom stereocenters. The standard InChI is InChI=1S/C14H12FNO4/c15-11-2-1-3-14(10-11)20-9-8-19-13-6-4-12(5-7-13)16(17)18/h1-7,10H,8-9H2. The number of benzene rings is 2. The summed E-state index contributed by atoms with van der Waals surface area (Å²) in [6, 6.07) is 11.6. The molecule has 0 aliphatic carbocycles. The first-order chi connectivity index (χ1) is 9.65. The van der Waals surface area contributed by atoms with E-state index in [0.717, 1.165) is 0 Å². The molecule has 0 N–H and O–H groups in total. The van der Waals surface area contributed by atoms with Crippen LogP contribution >= 0.6 is 0 Å². The number of nitrogens with zero attached hydrogens (tertiary/aromatic N) is 1. The minimum absolute atomic E-state index is 0.00774. The third-order valence-electron chi connectivity index (χ3n) is 2.46. The Kier molecular flexibility index (Phi) is 4.49. The van der Waals surface area contributed by atoms with Crippen molar-refractivity contribution in [3.8, 4) is 11.5 Å². The zero-order chi connectivity index (χ0) is 14.4. The summed E-state index contributed by atoms with van der Waals surface area (Å²) in [5.41, 5.74) is 0.00774. The van der Waals surface area contributed by atoms with Crippen molar-refractivity contribution < 1.29 is 18.8 Å². The molecule has 0 bridgehead atoms. The quantitative estimate of drug-likeness (QED) is 0.462. The Bertz CT molecular complexity index is 586. The third-order valence-corrected chi connectivity index (χ3v) is 2.46. The molecule has 0 heterocycles.